The fraction of sp³-hybridized carbons (Fsp3) is 0.105. The summed E-state index contributed by atoms with van der Waals surface area (Å²) in [6, 6.07) is 20.2. The Morgan fingerprint density at radius 1 is 0.682 bits per heavy atom. The molecule has 22 heavy (non-hydrogen) atoms. The largest absolute Gasteiger partial charge is 0.213 e. The molecule has 1 nitrogen and oxygen atoms in total. The van der Waals surface area contributed by atoms with E-state index in [2.05, 4.69) is 30.7 Å². The average Bonchev–Trinajstić information content (AvgIpc) is 2.52. The van der Waals surface area contributed by atoms with Gasteiger partial charge in [-0.2, -0.15) is 4.57 Å². The highest BCUT2D eigenvalue weighted by Gasteiger charge is 2.15. The van der Waals surface area contributed by atoms with Crippen LogP contribution in [-0.4, -0.2) is 0 Å². The summed E-state index contributed by atoms with van der Waals surface area (Å²) < 4.78 is 2.18. The second-order valence-corrected chi connectivity index (χ2v) is 6.22. The molecule has 0 N–H and O–H groups in total. The first-order valence-electron chi connectivity index (χ1n) is 7.07. The second kappa shape index (κ2) is 6.12. The molecule has 3 aromatic rings. The Bertz CT molecular complexity index is 806. The summed E-state index contributed by atoms with van der Waals surface area (Å²) in [6.07, 6.45) is 0. The van der Waals surface area contributed by atoms with Crippen molar-refractivity contribution in [2.24, 2.45) is 7.05 Å². The zero-order valence-corrected chi connectivity index (χ0v) is 14.0. The molecule has 2 aromatic carbocycles. The van der Waals surface area contributed by atoms with Gasteiger partial charge in [0.2, 0.25) is 5.69 Å². The van der Waals surface area contributed by atoms with Gasteiger partial charge < -0.3 is 0 Å². The van der Waals surface area contributed by atoms with Crippen molar-refractivity contribution in [2.75, 3.05) is 0 Å². The van der Waals surface area contributed by atoms with E-state index in [-0.39, 0.29) is 0 Å². The highest BCUT2D eigenvalue weighted by atomic mass is 35.5. The smallest absolute Gasteiger partial charge is 0.199 e. The quantitative estimate of drug-likeness (QED) is 0.550. The van der Waals surface area contributed by atoms with E-state index in [4.69, 9.17) is 23.2 Å². The van der Waals surface area contributed by atoms with Crippen molar-refractivity contribution in [3.63, 3.8) is 0 Å². The molecule has 0 amide bonds. The molecule has 110 valence electrons. The summed E-state index contributed by atoms with van der Waals surface area (Å²) in [5.41, 5.74) is 5.82. The Labute approximate surface area is 140 Å². The van der Waals surface area contributed by atoms with Gasteiger partial charge in [0.1, 0.15) is 7.05 Å². The van der Waals surface area contributed by atoms with E-state index in [0.717, 1.165) is 26.9 Å². The number of halogens is 2. The maximum atomic E-state index is 5.99. The number of rotatable bonds is 2. The van der Waals surface area contributed by atoms with Crippen molar-refractivity contribution in [1.29, 1.82) is 0 Å². The molecule has 0 saturated heterocycles. The van der Waals surface area contributed by atoms with Crippen LogP contribution in [0.1, 0.15) is 5.69 Å². The van der Waals surface area contributed by atoms with E-state index in [9.17, 15) is 0 Å². The Hall–Kier alpha value is -1.83. The van der Waals surface area contributed by atoms with Gasteiger partial charge in [-0.3, -0.25) is 0 Å². The summed E-state index contributed by atoms with van der Waals surface area (Å²) in [5, 5.41) is 1.50. The third-order valence-electron chi connectivity index (χ3n) is 3.86. The van der Waals surface area contributed by atoms with Crippen molar-refractivity contribution >= 4 is 23.2 Å². The fourth-order valence-corrected chi connectivity index (χ4v) is 2.76. The van der Waals surface area contributed by atoms with E-state index in [0.29, 0.717) is 0 Å². The van der Waals surface area contributed by atoms with E-state index >= 15 is 0 Å². The molecule has 0 radical (unpaired) electrons. The van der Waals surface area contributed by atoms with Crippen LogP contribution in [0, 0.1) is 6.92 Å². The lowest BCUT2D eigenvalue weighted by molar-refractivity contribution is -0.666. The Kier molecular flexibility index (Phi) is 4.19. The van der Waals surface area contributed by atoms with Gasteiger partial charge in [-0.1, -0.05) is 35.3 Å². The van der Waals surface area contributed by atoms with Gasteiger partial charge in [0, 0.05) is 34.7 Å². The second-order valence-electron chi connectivity index (χ2n) is 5.34. The van der Waals surface area contributed by atoms with Gasteiger partial charge in [-0.05, 0) is 47.5 Å². The van der Waals surface area contributed by atoms with Gasteiger partial charge in [0.25, 0.3) is 0 Å². The monoisotopic (exact) mass is 328 g/mol. The number of aromatic nitrogens is 1. The molecule has 0 saturated carbocycles. The van der Waals surface area contributed by atoms with Crippen molar-refractivity contribution in [1.82, 2.24) is 0 Å². The van der Waals surface area contributed by atoms with Crippen LogP contribution in [0.4, 0.5) is 0 Å². The normalized spacial score (nSPS) is 10.7. The molecule has 0 aliphatic carbocycles. The van der Waals surface area contributed by atoms with Crippen LogP contribution in [0.15, 0.2) is 60.7 Å². The molecule has 0 fully saturated rings. The molecule has 0 aliphatic heterocycles. The minimum Gasteiger partial charge on any atom is -0.199 e. The maximum absolute atomic E-state index is 5.99. The minimum absolute atomic E-state index is 0.747. The topological polar surface area (TPSA) is 3.88 Å². The molecule has 3 heteroatoms. The molecule has 1 heterocycles. The summed E-state index contributed by atoms with van der Waals surface area (Å²) in [7, 11) is 2.07. The average molecular weight is 329 g/mol. The first-order chi connectivity index (χ1) is 10.5. The van der Waals surface area contributed by atoms with Crippen LogP contribution in [0.5, 0.6) is 0 Å². The third kappa shape index (κ3) is 3.01. The summed E-state index contributed by atoms with van der Waals surface area (Å²) >= 11 is 12.0. The van der Waals surface area contributed by atoms with Crippen LogP contribution in [-0.2, 0) is 7.05 Å². The molecule has 0 aliphatic rings. The standard InChI is InChI=1S/C19H16Cl2N/c1-13-11-16(14-3-7-17(20)8-4-14)12-19(22(13)2)15-5-9-18(21)10-6-15/h3-12H,1-2H3/q+1. The lowest BCUT2D eigenvalue weighted by atomic mass is 10.0. The van der Waals surface area contributed by atoms with Crippen LogP contribution in [0.3, 0.4) is 0 Å². The van der Waals surface area contributed by atoms with Gasteiger partial charge in [0.05, 0.1) is 0 Å². The van der Waals surface area contributed by atoms with E-state index in [1.165, 1.54) is 11.3 Å². The number of benzene rings is 2. The van der Waals surface area contributed by atoms with E-state index in [1.807, 2.05) is 48.5 Å². The molecule has 0 bridgehead atoms. The molecule has 0 spiro atoms. The molecule has 0 unspecified atom stereocenters. The van der Waals surface area contributed by atoms with E-state index in [1.54, 1.807) is 0 Å². The van der Waals surface area contributed by atoms with Crippen LogP contribution in [0.2, 0.25) is 10.0 Å². The number of hydrogen-bond donors (Lipinski definition) is 0. The molecule has 1 aromatic heterocycles. The van der Waals surface area contributed by atoms with Crippen LogP contribution >= 0.6 is 23.2 Å². The highest BCUT2D eigenvalue weighted by Crippen LogP contribution is 2.26. The van der Waals surface area contributed by atoms with Gasteiger partial charge in [-0.25, -0.2) is 0 Å². The Morgan fingerprint density at radius 3 is 1.73 bits per heavy atom. The number of aryl methyl sites for hydroxylation is 1. The Balaban J connectivity index is 2.14. The Morgan fingerprint density at radius 2 is 1.18 bits per heavy atom. The maximum Gasteiger partial charge on any atom is 0.213 e. The fourth-order valence-electron chi connectivity index (χ4n) is 2.50. The lowest BCUT2D eigenvalue weighted by Gasteiger charge is -2.08. The van der Waals surface area contributed by atoms with Crippen molar-refractivity contribution < 1.29 is 4.57 Å². The van der Waals surface area contributed by atoms with Crippen LogP contribution < -0.4 is 4.57 Å². The number of hydrogen-bond acceptors (Lipinski definition) is 0. The van der Waals surface area contributed by atoms with E-state index < -0.39 is 0 Å². The number of pyridine rings is 1. The van der Waals surface area contributed by atoms with Gasteiger partial charge in [-0.15, -0.1) is 0 Å². The summed E-state index contributed by atoms with van der Waals surface area (Å²) in [6.45, 7) is 2.11. The van der Waals surface area contributed by atoms with Crippen molar-refractivity contribution in [3.8, 4) is 22.4 Å². The summed E-state index contributed by atoms with van der Waals surface area (Å²) in [5.74, 6) is 0. The minimum atomic E-state index is 0.747. The number of nitrogens with zero attached hydrogens (tertiary/aromatic N) is 1. The van der Waals surface area contributed by atoms with Crippen molar-refractivity contribution in [3.05, 3.63) is 76.4 Å². The zero-order chi connectivity index (χ0) is 15.7. The van der Waals surface area contributed by atoms with Gasteiger partial charge in [0.15, 0.2) is 5.69 Å². The molecular weight excluding hydrogens is 313 g/mol. The third-order valence-corrected chi connectivity index (χ3v) is 4.37. The highest BCUT2D eigenvalue weighted by molar-refractivity contribution is 6.30. The first-order valence-corrected chi connectivity index (χ1v) is 7.83. The van der Waals surface area contributed by atoms with Crippen molar-refractivity contribution in [2.45, 2.75) is 6.92 Å². The SMILES string of the molecule is Cc1cc(-c2ccc(Cl)cc2)cc(-c2ccc(Cl)cc2)[n+]1C. The predicted octanol–water partition coefficient (Wildman–Crippen LogP) is 5.46. The van der Waals surface area contributed by atoms with Gasteiger partial charge >= 0.3 is 0 Å². The summed E-state index contributed by atoms with van der Waals surface area (Å²) in [4.78, 5) is 0. The zero-order valence-electron chi connectivity index (χ0n) is 12.5. The molecule has 0 atom stereocenters. The first kappa shape index (κ1) is 15.1. The van der Waals surface area contributed by atoms with Crippen LogP contribution in [0.25, 0.3) is 22.4 Å². The predicted molar refractivity (Wildman–Crippen MR) is 93.2 cm³/mol. The molecule has 3 rings (SSSR count). The molecular formula is C19H16Cl2N+. The lowest BCUT2D eigenvalue weighted by Crippen LogP contribution is -2.34.